The van der Waals surface area contributed by atoms with Crippen molar-refractivity contribution in [2.75, 3.05) is 16.0 Å². The molecular formula is C12H8N6O. The minimum absolute atomic E-state index is 0.140. The van der Waals surface area contributed by atoms with Crippen LogP contribution in [0.1, 0.15) is 10.4 Å². The van der Waals surface area contributed by atoms with Crippen LogP contribution in [0.25, 0.3) is 0 Å². The van der Waals surface area contributed by atoms with Gasteiger partial charge >= 0.3 is 0 Å². The van der Waals surface area contributed by atoms with Crippen LogP contribution in [0.15, 0.2) is 30.5 Å². The van der Waals surface area contributed by atoms with E-state index in [1.165, 1.54) is 6.20 Å². The van der Waals surface area contributed by atoms with Gasteiger partial charge in [0, 0.05) is 6.20 Å². The monoisotopic (exact) mass is 252 g/mol. The van der Waals surface area contributed by atoms with Crippen molar-refractivity contribution in [3.8, 4) is 6.19 Å². The molecule has 0 saturated heterocycles. The Labute approximate surface area is 108 Å². The zero-order valence-electron chi connectivity index (χ0n) is 9.64. The molecule has 2 heterocycles. The Balaban J connectivity index is 2.10. The van der Waals surface area contributed by atoms with Gasteiger partial charge in [0.05, 0.1) is 11.4 Å². The number of hydrogen-bond donors (Lipinski definition) is 3. The molecule has 0 bridgehead atoms. The third-order valence-corrected chi connectivity index (χ3v) is 2.63. The molecule has 1 aromatic carbocycles. The lowest BCUT2D eigenvalue weighted by atomic mass is 10.2. The Kier molecular flexibility index (Phi) is 2.47. The second-order valence-electron chi connectivity index (χ2n) is 3.82. The van der Waals surface area contributed by atoms with Gasteiger partial charge in [0.25, 0.3) is 5.91 Å². The van der Waals surface area contributed by atoms with Gasteiger partial charge in [-0.3, -0.25) is 10.1 Å². The van der Waals surface area contributed by atoms with Gasteiger partial charge in [-0.15, -0.1) is 0 Å². The summed E-state index contributed by atoms with van der Waals surface area (Å²) in [6.07, 6.45) is 3.10. The van der Waals surface area contributed by atoms with Gasteiger partial charge in [0.2, 0.25) is 5.95 Å². The lowest BCUT2D eigenvalue weighted by Crippen LogP contribution is -2.12. The number of carbonyl (C=O) groups excluding carboxylic acids is 1. The van der Waals surface area contributed by atoms with E-state index in [-0.39, 0.29) is 11.9 Å². The maximum atomic E-state index is 12.0. The molecule has 3 rings (SSSR count). The SMILES string of the molecule is N#CNc1ncc2c(n1)Nc1ccccc1NC2=O. The highest BCUT2D eigenvalue weighted by Crippen LogP contribution is 2.30. The minimum Gasteiger partial charge on any atom is -0.338 e. The quantitative estimate of drug-likeness (QED) is 0.527. The molecule has 7 nitrogen and oxygen atoms in total. The number of nitrogens with zero attached hydrogens (tertiary/aromatic N) is 3. The lowest BCUT2D eigenvalue weighted by molar-refractivity contribution is 0.102. The van der Waals surface area contributed by atoms with Crippen molar-refractivity contribution >= 4 is 29.0 Å². The van der Waals surface area contributed by atoms with Crippen LogP contribution in [0.3, 0.4) is 0 Å². The van der Waals surface area contributed by atoms with E-state index >= 15 is 0 Å². The van der Waals surface area contributed by atoms with Gasteiger partial charge in [0.1, 0.15) is 11.4 Å². The van der Waals surface area contributed by atoms with E-state index in [0.29, 0.717) is 17.1 Å². The number of para-hydroxylation sites is 2. The number of benzene rings is 1. The summed E-state index contributed by atoms with van der Waals surface area (Å²) in [5.41, 5.74) is 1.72. The average molecular weight is 252 g/mol. The van der Waals surface area contributed by atoms with Gasteiger partial charge in [-0.2, -0.15) is 10.2 Å². The topological polar surface area (TPSA) is 103 Å². The molecule has 0 aliphatic carbocycles. The zero-order chi connectivity index (χ0) is 13.2. The molecule has 1 aromatic heterocycles. The van der Waals surface area contributed by atoms with Crippen LogP contribution >= 0.6 is 0 Å². The van der Waals surface area contributed by atoms with Crippen molar-refractivity contribution in [3.63, 3.8) is 0 Å². The van der Waals surface area contributed by atoms with Gasteiger partial charge in [-0.05, 0) is 12.1 Å². The highest BCUT2D eigenvalue weighted by molar-refractivity contribution is 6.11. The van der Waals surface area contributed by atoms with Gasteiger partial charge in [0.15, 0.2) is 6.19 Å². The standard InChI is InChI=1S/C12H8N6O/c13-6-15-12-14-5-7-10(18-12)16-8-3-1-2-4-9(8)17-11(7)19/h1-5H,(H,17,19)(H2,14,15,16,18). The van der Waals surface area contributed by atoms with E-state index in [1.54, 1.807) is 12.3 Å². The second-order valence-corrected chi connectivity index (χ2v) is 3.82. The number of anilines is 4. The normalized spacial score (nSPS) is 12.1. The van der Waals surface area contributed by atoms with Crippen LogP contribution in [0, 0.1) is 11.5 Å². The van der Waals surface area contributed by atoms with E-state index in [1.807, 2.05) is 18.2 Å². The largest absolute Gasteiger partial charge is 0.338 e. The summed E-state index contributed by atoms with van der Waals surface area (Å²) in [5, 5.41) is 16.7. The molecule has 19 heavy (non-hydrogen) atoms. The molecule has 0 spiro atoms. The first-order valence-electron chi connectivity index (χ1n) is 5.47. The molecule has 3 N–H and O–H groups in total. The first-order valence-corrected chi connectivity index (χ1v) is 5.47. The van der Waals surface area contributed by atoms with E-state index < -0.39 is 0 Å². The van der Waals surface area contributed by atoms with Crippen LogP contribution < -0.4 is 16.0 Å². The van der Waals surface area contributed by atoms with Gasteiger partial charge in [-0.1, -0.05) is 12.1 Å². The molecule has 0 radical (unpaired) electrons. The summed E-state index contributed by atoms with van der Waals surface area (Å²) in [7, 11) is 0. The number of hydrogen-bond acceptors (Lipinski definition) is 6. The number of amides is 1. The maximum absolute atomic E-state index is 12.0. The minimum atomic E-state index is -0.295. The highest BCUT2D eigenvalue weighted by atomic mass is 16.1. The number of aromatic nitrogens is 2. The molecule has 1 amide bonds. The van der Waals surface area contributed by atoms with E-state index in [4.69, 9.17) is 5.26 Å². The van der Waals surface area contributed by atoms with Crippen LogP contribution in [-0.4, -0.2) is 15.9 Å². The van der Waals surface area contributed by atoms with Gasteiger partial charge < -0.3 is 10.6 Å². The smallest absolute Gasteiger partial charge is 0.261 e. The third-order valence-electron chi connectivity index (χ3n) is 2.63. The summed E-state index contributed by atoms with van der Waals surface area (Å²) >= 11 is 0. The molecule has 0 fully saturated rings. The second kappa shape index (κ2) is 4.27. The number of rotatable bonds is 1. The Morgan fingerprint density at radius 2 is 1.95 bits per heavy atom. The van der Waals surface area contributed by atoms with Gasteiger partial charge in [-0.25, -0.2) is 4.98 Å². The Morgan fingerprint density at radius 1 is 1.21 bits per heavy atom. The average Bonchev–Trinajstić information content (AvgIpc) is 2.54. The third kappa shape index (κ3) is 1.91. The van der Waals surface area contributed by atoms with E-state index in [2.05, 4.69) is 25.9 Å². The maximum Gasteiger partial charge on any atom is 0.261 e. The van der Waals surface area contributed by atoms with Crippen molar-refractivity contribution < 1.29 is 4.79 Å². The predicted octanol–water partition coefficient (Wildman–Crippen LogP) is 1.68. The molecule has 0 saturated carbocycles. The summed E-state index contributed by atoms with van der Waals surface area (Å²) < 4.78 is 0. The summed E-state index contributed by atoms with van der Waals surface area (Å²) in [4.78, 5) is 20.0. The molecule has 1 aliphatic rings. The fourth-order valence-electron chi connectivity index (χ4n) is 1.77. The number of nitriles is 1. The van der Waals surface area contributed by atoms with Crippen LogP contribution in [0.5, 0.6) is 0 Å². The first-order chi connectivity index (χ1) is 9.28. The summed E-state index contributed by atoms with van der Waals surface area (Å²) in [6.45, 7) is 0. The van der Waals surface area contributed by atoms with Crippen molar-refractivity contribution in [3.05, 3.63) is 36.0 Å². The Bertz CT molecular complexity index is 706. The van der Waals surface area contributed by atoms with E-state index in [9.17, 15) is 4.79 Å². The van der Waals surface area contributed by atoms with Crippen LogP contribution in [0.2, 0.25) is 0 Å². The molecular weight excluding hydrogens is 244 g/mol. The van der Waals surface area contributed by atoms with E-state index in [0.717, 1.165) is 5.69 Å². The van der Waals surface area contributed by atoms with Crippen molar-refractivity contribution in [2.45, 2.75) is 0 Å². The fraction of sp³-hybridized carbons (Fsp3) is 0. The number of nitrogens with one attached hydrogen (secondary N) is 3. The first kappa shape index (κ1) is 11.0. The van der Waals surface area contributed by atoms with Crippen LogP contribution in [-0.2, 0) is 0 Å². The van der Waals surface area contributed by atoms with Crippen LogP contribution in [0.4, 0.5) is 23.1 Å². The molecule has 1 aliphatic heterocycles. The number of carbonyl (C=O) groups is 1. The molecule has 0 unspecified atom stereocenters. The van der Waals surface area contributed by atoms with Crippen molar-refractivity contribution in [2.24, 2.45) is 0 Å². The van der Waals surface area contributed by atoms with Crippen molar-refractivity contribution in [1.29, 1.82) is 5.26 Å². The lowest BCUT2D eigenvalue weighted by Gasteiger charge is -2.07. The Morgan fingerprint density at radius 3 is 2.68 bits per heavy atom. The van der Waals surface area contributed by atoms with Crippen molar-refractivity contribution in [1.82, 2.24) is 9.97 Å². The molecule has 7 heteroatoms. The molecule has 0 atom stereocenters. The Hall–Kier alpha value is -3.14. The summed E-state index contributed by atoms with van der Waals surface area (Å²) in [6, 6.07) is 7.28. The summed E-state index contributed by atoms with van der Waals surface area (Å²) in [5.74, 6) is 0.201. The zero-order valence-corrected chi connectivity index (χ0v) is 9.64. The number of fused-ring (bicyclic) bond motifs is 2. The molecule has 92 valence electrons. The fourth-order valence-corrected chi connectivity index (χ4v) is 1.77. The molecule has 2 aromatic rings. The highest BCUT2D eigenvalue weighted by Gasteiger charge is 2.20. The predicted molar refractivity (Wildman–Crippen MR) is 68.9 cm³/mol.